The van der Waals surface area contributed by atoms with E-state index in [0.717, 1.165) is 5.56 Å². The molecule has 24 heavy (non-hydrogen) atoms. The van der Waals surface area contributed by atoms with Crippen molar-refractivity contribution in [2.75, 3.05) is 26.2 Å². The lowest BCUT2D eigenvalue weighted by Crippen LogP contribution is -2.50. The van der Waals surface area contributed by atoms with Crippen LogP contribution in [0.4, 0.5) is 4.79 Å². The molecule has 0 spiro atoms. The topological polar surface area (TPSA) is 59.1 Å². The second-order valence-corrected chi connectivity index (χ2v) is 6.85. The molecule has 1 aromatic rings. The minimum atomic E-state index is -0.502. The van der Waals surface area contributed by atoms with Crippen molar-refractivity contribution in [2.24, 2.45) is 0 Å². The van der Waals surface area contributed by atoms with Gasteiger partial charge in [-0.05, 0) is 32.8 Å². The maximum Gasteiger partial charge on any atom is 0.410 e. The summed E-state index contributed by atoms with van der Waals surface area (Å²) in [6.45, 7) is 7.50. The second kappa shape index (κ2) is 8.15. The first-order valence-electron chi connectivity index (χ1n) is 8.31. The highest BCUT2D eigenvalue weighted by Gasteiger charge is 2.27. The largest absolute Gasteiger partial charge is 0.444 e. The Hall–Kier alpha value is -2.08. The normalized spacial score (nSPS) is 15.9. The summed E-state index contributed by atoms with van der Waals surface area (Å²) < 4.78 is 5.34. The van der Waals surface area contributed by atoms with Crippen LogP contribution in [0.3, 0.4) is 0 Å². The van der Waals surface area contributed by atoms with Crippen LogP contribution in [0.5, 0.6) is 0 Å². The molecular weight excluding hydrogens is 308 g/mol. The van der Waals surface area contributed by atoms with Crippen molar-refractivity contribution in [3.63, 3.8) is 0 Å². The van der Waals surface area contributed by atoms with Gasteiger partial charge in [0.05, 0.1) is 19.5 Å². The van der Waals surface area contributed by atoms with Gasteiger partial charge in [-0.3, -0.25) is 4.79 Å². The number of rotatable bonds is 4. The first kappa shape index (κ1) is 18.3. The van der Waals surface area contributed by atoms with Gasteiger partial charge in [0.2, 0.25) is 0 Å². The molecule has 0 aromatic heterocycles. The van der Waals surface area contributed by atoms with Crippen LogP contribution in [-0.2, 0) is 20.8 Å². The molecule has 6 heteroatoms. The lowest BCUT2D eigenvalue weighted by molar-refractivity contribution is -0.196. The van der Waals surface area contributed by atoms with Crippen molar-refractivity contribution in [3.8, 4) is 0 Å². The van der Waals surface area contributed by atoms with E-state index in [-0.39, 0.29) is 12.1 Å². The molecule has 1 fully saturated rings. The highest BCUT2D eigenvalue weighted by atomic mass is 16.7. The molecule has 6 nitrogen and oxygen atoms in total. The Balaban J connectivity index is 1.69. The molecule has 0 atom stereocenters. The minimum Gasteiger partial charge on any atom is -0.444 e. The lowest BCUT2D eigenvalue weighted by atomic mass is 10.1. The smallest absolute Gasteiger partial charge is 0.410 e. The number of piperazine rings is 1. The van der Waals surface area contributed by atoms with Gasteiger partial charge in [-0.15, -0.1) is 5.06 Å². The van der Waals surface area contributed by atoms with Crippen LogP contribution in [-0.4, -0.2) is 53.8 Å². The van der Waals surface area contributed by atoms with Crippen LogP contribution in [0.15, 0.2) is 30.3 Å². The van der Waals surface area contributed by atoms with Crippen molar-refractivity contribution in [1.82, 2.24) is 9.96 Å². The molecule has 0 bridgehead atoms. The summed E-state index contributed by atoms with van der Waals surface area (Å²) in [5.74, 6) is -0.246. The number of carbonyl (C=O) groups excluding carboxylic acids is 2. The number of nitrogens with zero attached hydrogens (tertiary/aromatic N) is 2. The number of aryl methyl sites for hydroxylation is 1. The van der Waals surface area contributed by atoms with E-state index in [4.69, 9.17) is 9.57 Å². The van der Waals surface area contributed by atoms with E-state index in [1.165, 1.54) is 0 Å². The Morgan fingerprint density at radius 3 is 2.25 bits per heavy atom. The number of hydroxylamine groups is 2. The van der Waals surface area contributed by atoms with E-state index in [2.05, 4.69) is 0 Å². The zero-order valence-corrected chi connectivity index (χ0v) is 14.7. The summed E-state index contributed by atoms with van der Waals surface area (Å²) in [6.07, 6.45) is 0.686. The monoisotopic (exact) mass is 334 g/mol. The van der Waals surface area contributed by atoms with Gasteiger partial charge in [-0.2, -0.15) is 0 Å². The maximum absolute atomic E-state index is 12.0. The van der Waals surface area contributed by atoms with E-state index in [1.807, 2.05) is 51.1 Å². The Labute approximate surface area is 143 Å². The van der Waals surface area contributed by atoms with Crippen LogP contribution in [0.1, 0.15) is 32.8 Å². The van der Waals surface area contributed by atoms with Crippen LogP contribution < -0.4 is 0 Å². The number of ether oxygens (including phenoxy) is 1. The zero-order valence-electron chi connectivity index (χ0n) is 14.7. The molecule has 0 radical (unpaired) electrons. The van der Waals surface area contributed by atoms with E-state index in [1.54, 1.807) is 9.96 Å². The highest BCUT2D eigenvalue weighted by Crippen LogP contribution is 2.12. The number of hydrogen-bond acceptors (Lipinski definition) is 5. The predicted molar refractivity (Wildman–Crippen MR) is 90.2 cm³/mol. The van der Waals surface area contributed by atoms with Crippen LogP contribution in [0.2, 0.25) is 0 Å². The minimum absolute atomic E-state index is 0.246. The molecule has 1 aliphatic heterocycles. The van der Waals surface area contributed by atoms with Gasteiger partial charge in [0.25, 0.3) is 0 Å². The SMILES string of the molecule is CC(C)(C)OC(=O)N1CCN(OC(=O)CCc2ccccc2)CC1. The van der Waals surface area contributed by atoms with Gasteiger partial charge in [-0.1, -0.05) is 30.3 Å². The fraction of sp³-hybridized carbons (Fsp3) is 0.556. The Morgan fingerprint density at radius 2 is 1.67 bits per heavy atom. The predicted octanol–water partition coefficient (Wildman–Crippen LogP) is 2.63. The third-order valence-corrected chi connectivity index (χ3v) is 3.58. The summed E-state index contributed by atoms with van der Waals surface area (Å²) in [4.78, 5) is 30.9. The van der Waals surface area contributed by atoms with Gasteiger partial charge in [-0.25, -0.2) is 4.79 Å². The number of hydrogen-bond donors (Lipinski definition) is 0. The van der Waals surface area contributed by atoms with Crippen molar-refractivity contribution in [1.29, 1.82) is 0 Å². The second-order valence-electron chi connectivity index (χ2n) is 6.85. The van der Waals surface area contributed by atoms with E-state index in [0.29, 0.717) is 39.0 Å². The standard InChI is InChI=1S/C18H26N2O4/c1-18(2,3)23-17(22)19-11-13-20(14-12-19)24-16(21)10-9-15-7-5-4-6-8-15/h4-8H,9-14H2,1-3H3. The zero-order chi connectivity index (χ0) is 17.6. The van der Waals surface area contributed by atoms with Crippen molar-refractivity contribution in [3.05, 3.63) is 35.9 Å². The fourth-order valence-corrected chi connectivity index (χ4v) is 2.37. The van der Waals surface area contributed by atoms with Gasteiger partial charge in [0, 0.05) is 13.1 Å². The molecule has 0 saturated carbocycles. The fourth-order valence-electron chi connectivity index (χ4n) is 2.37. The van der Waals surface area contributed by atoms with Crippen LogP contribution in [0.25, 0.3) is 0 Å². The summed E-state index contributed by atoms with van der Waals surface area (Å²) in [5, 5.41) is 1.62. The van der Waals surface area contributed by atoms with Crippen LogP contribution >= 0.6 is 0 Å². The molecule has 0 unspecified atom stereocenters. The van der Waals surface area contributed by atoms with E-state index < -0.39 is 5.60 Å². The average Bonchev–Trinajstić information content (AvgIpc) is 2.53. The molecule has 1 aliphatic rings. The summed E-state index contributed by atoms with van der Waals surface area (Å²) in [6, 6.07) is 9.85. The first-order valence-corrected chi connectivity index (χ1v) is 8.31. The summed E-state index contributed by atoms with van der Waals surface area (Å²) in [7, 11) is 0. The third-order valence-electron chi connectivity index (χ3n) is 3.58. The Morgan fingerprint density at radius 1 is 1.04 bits per heavy atom. The Kier molecular flexibility index (Phi) is 6.20. The quantitative estimate of drug-likeness (QED) is 0.847. The lowest BCUT2D eigenvalue weighted by Gasteiger charge is -2.34. The third kappa shape index (κ3) is 6.20. The van der Waals surface area contributed by atoms with Crippen molar-refractivity contribution in [2.45, 2.75) is 39.2 Å². The molecule has 1 aromatic carbocycles. The van der Waals surface area contributed by atoms with Crippen LogP contribution in [0, 0.1) is 0 Å². The summed E-state index contributed by atoms with van der Waals surface area (Å²) >= 11 is 0. The van der Waals surface area contributed by atoms with Crippen molar-refractivity contribution >= 4 is 12.1 Å². The molecule has 132 valence electrons. The molecule has 1 heterocycles. The number of carbonyl (C=O) groups is 2. The molecule has 1 amide bonds. The number of amides is 1. The molecule has 0 N–H and O–H groups in total. The maximum atomic E-state index is 12.0. The molecule has 2 rings (SSSR count). The number of benzene rings is 1. The average molecular weight is 334 g/mol. The molecular formula is C18H26N2O4. The van der Waals surface area contributed by atoms with Gasteiger partial charge in [0.1, 0.15) is 5.60 Å². The highest BCUT2D eigenvalue weighted by molar-refractivity contribution is 5.69. The van der Waals surface area contributed by atoms with Crippen molar-refractivity contribution < 1.29 is 19.2 Å². The van der Waals surface area contributed by atoms with Gasteiger partial charge < -0.3 is 14.5 Å². The van der Waals surface area contributed by atoms with E-state index in [9.17, 15) is 9.59 Å². The van der Waals surface area contributed by atoms with Gasteiger partial charge in [0.15, 0.2) is 0 Å². The summed E-state index contributed by atoms with van der Waals surface area (Å²) in [5.41, 5.74) is 0.613. The molecule has 0 aliphatic carbocycles. The molecule has 1 saturated heterocycles. The van der Waals surface area contributed by atoms with E-state index >= 15 is 0 Å². The first-order chi connectivity index (χ1) is 11.3. The Bertz CT molecular complexity index is 546. The van der Waals surface area contributed by atoms with Gasteiger partial charge >= 0.3 is 12.1 Å².